The third-order valence-corrected chi connectivity index (χ3v) is 3.69. The Bertz CT molecular complexity index is 720. The SMILES string of the molecule is COc1ccccc1NCC(=O)NNC(=O)CCc1ccc(Cl)cc1. The highest BCUT2D eigenvalue weighted by molar-refractivity contribution is 6.30. The van der Waals surface area contributed by atoms with E-state index in [1.165, 1.54) is 0 Å². The summed E-state index contributed by atoms with van der Waals surface area (Å²) in [4.78, 5) is 23.6. The second-order valence-corrected chi connectivity index (χ2v) is 5.71. The molecule has 0 radical (unpaired) electrons. The Morgan fingerprint density at radius 1 is 1.00 bits per heavy atom. The van der Waals surface area contributed by atoms with Crippen molar-refractivity contribution in [2.75, 3.05) is 19.0 Å². The molecule has 0 atom stereocenters. The smallest absolute Gasteiger partial charge is 0.257 e. The second-order valence-electron chi connectivity index (χ2n) is 5.28. The summed E-state index contributed by atoms with van der Waals surface area (Å²) in [5.74, 6) is 0.0219. The van der Waals surface area contributed by atoms with Gasteiger partial charge in [-0.1, -0.05) is 35.9 Å². The molecule has 132 valence electrons. The molecule has 0 fully saturated rings. The van der Waals surface area contributed by atoms with Crippen LogP contribution in [0.25, 0.3) is 0 Å². The van der Waals surface area contributed by atoms with Crippen LogP contribution < -0.4 is 20.9 Å². The van der Waals surface area contributed by atoms with E-state index >= 15 is 0 Å². The maximum Gasteiger partial charge on any atom is 0.257 e. The van der Waals surface area contributed by atoms with Crippen LogP contribution in [0, 0.1) is 0 Å². The van der Waals surface area contributed by atoms with Gasteiger partial charge in [0.05, 0.1) is 19.3 Å². The number of benzene rings is 2. The highest BCUT2D eigenvalue weighted by atomic mass is 35.5. The maximum absolute atomic E-state index is 11.8. The van der Waals surface area contributed by atoms with Gasteiger partial charge in [-0.05, 0) is 36.2 Å². The Balaban J connectivity index is 1.68. The summed E-state index contributed by atoms with van der Waals surface area (Å²) in [6, 6.07) is 14.6. The number of halogens is 1. The molecule has 0 saturated heterocycles. The third kappa shape index (κ3) is 6.35. The van der Waals surface area contributed by atoms with Crippen LogP contribution in [0.15, 0.2) is 48.5 Å². The van der Waals surface area contributed by atoms with Crippen molar-refractivity contribution in [2.45, 2.75) is 12.8 Å². The Kier molecular flexibility index (Phi) is 7.10. The van der Waals surface area contributed by atoms with Crippen LogP contribution in [-0.2, 0) is 16.0 Å². The van der Waals surface area contributed by atoms with Crippen LogP contribution in [0.3, 0.4) is 0 Å². The fraction of sp³-hybridized carbons (Fsp3) is 0.222. The predicted octanol–water partition coefficient (Wildman–Crippen LogP) is 2.54. The van der Waals surface area contributed by atoms with Gasteiger partial charge in [0.25, 0.3) is 5.91 Å². The van der Waals surface area contributed by atoms with Crippen LogP contribution in [0.5, 0.6) is 5.75 Å². The van der Waals surface area contributed by atoms with Gasteiger partial charge in [0, 0.05) is 11.4 Å². The van der Waals surface area contributed by atoms with E-state index in [2.05, 4.69) is 16.2 Å². The molecule has 2 amide bonds. The van der Waals surface area contributed by atoms with Crippen molar-refractivity contribution in [3.63, 3.8) is 0 Å². The number of rotatable bonds is 7. The molecule has 2 rings (SSSR count). The van der Waals surface area contributed by atoms with E-state index in [0.717, 1.165) is 5.56 Å². The molecule has 0 heterocycles. The van der Waals surface area contributed by atoms with E-state index in [1.54, 1.807) is 31.4 Å². The number of carbonyl (C=O) groups excluding carboxylic acids is 2. The van der Waals surface area contributed by atoms with Crippen LogP contribution in [0.2, 0.25) is 5.02 Å². The summed E-state index contributed by atoms with van der Waals surface area (Å²) in [5, 5.41) is 3.61. The van der Waals surface area contributed by atoms with Crippen LogP contribution >= 0.6 is 11.6 Å². The highest BCUT2D eigenvalue weighted by Crippen LogP contribution is 2.22. The molecule has 2 aromatic rings. The standard InChI is InChI=1S/C18H20ClN3O3/c1-25-16-5-3-2-4-15(16)20-12-18(24)22-21-17(23)11-8-13-6-9-14(19)10-7-13/h2-7,9-10,20H,8,11-12H2,1H3,(H,21,23)(H,22,24). The summed E-state index contributed by atoms with van der Waals surface area (Å²) < 4.78 is 5.18. The van der Waals surface area contributed by atoms with Crippen molar-refractivity contribution in [2.24, 2.45) is 0 Å². The Morgan fingerprint density at radius 3 is 2.40 bits per heavy atom. The van der Waals surface area contributed by atoms with E-state index in [9.17, 15) is 9.59 Å². The molecule has 6 nitrogen and oxygen atoms in total. The van der Waals surface area contributed by atoms with Crippen molar-refractivity contribution >= 4 is 29.1 Å². The fourth-order valence-electron chi connectivity index (χ4n) is 2.12. The molecular formula is C18H20ClN3O3. The van der Waals surface area contributed by atoms with Gasteiger partial charge in [-0.3, -0.25) is 20.4 Å². The largest absolute Gasteiger partial charge is 0.495 e. The third-order valence-electron chi connectivity index (χ3n) is 3.44. The Morgan fingerprint density at radius 2 is 1.68 bits per heavy atom. The summed E-state index contributed by atoms with van der Waals surface area (Å²) in [6.45, 7) is 0.0117. The number of aryl methyl sites for hydroxylation is 1. The number of hydrogen-bond donors (Lipinski definition) is 3. The van der Waals surface area contributed by atoms with E-state index in [-0.39, 0.29) is 24.8 Å². The first-order chi connectivity index (χ1) is 12.1. The number of carbonyl (C=O) groups is 2. The predicted molar refractivity (Wildman–Crippen MR) is 97.5 cm³/mol. The molecule has 2 aromatic carbocycles. The van der Waals surface area contributed by atoms with Crippen LogP contribution in [-0.4, -0.2) is 25.5 Å². The fourth-order valence-corrected chi connectivity index (χ4v) is 2.25. The van der Waals surface area contributed by atoms with E-state index in [1.807, 2.05) is 24.3 Å². The maximum atomic E-state index is 11.8. The number of hydrogen-bond acceptors (Lipinski definition) is 4. The molecule has 7 heteroatoms. The van der Waals surface area contributed by atoms with Crippen LogP contribution in [0.1, 0.15) is 12.0 Å². The quantitative estimate of drug-likeness (QED) is 0.662. The number of amides is 2. The first-order valence-corrected chi connectivity index (χ1v) is 8.15. The topological polar surface area (TPSA) is 79.5 Å². The molecule has 0 bridgehead atoms. The first kappa shape index (κ1) is 18.6. The average molecular weight is 362 g/mol. The molecule has 0 unspecified atom stereocenters. The number of anilines is 1. The van der Waals surface area contributed by atoms with Crippen molar-refractivity contribution in [3.05, 3.63) is 59.1 Å². The lowest BCUT2D eigenvalue weighted by molar-refractivity contribution is -0.128. The monoisotopic (exact) mass is 361 g/mol. The Hall–Kier alpha value is -2.73. The van der Waals surface area contributed by atoms with Crippen molar-refractivity contribution < 1.29 is 14.3 Å². The Labute approximate surface area is 151 Å². The van der Waals surface area contributed by atoms with Crippen molar-refractivity contribution in [3.8, 4) is 5.75 Å². The molecule has 0 saturated carbocycles. The van der Waals surface area contributed by atoms with Gasteiger partial charge in [-0.2, -0.15) is 0 Å². The van der Waals surface area contributed by atoms with Crippen molar-refractivity contribution in [1.82, 2.24) is 10.9 Å². The van der Waals surface area contributed by atoms with Crippen molar-refractivity contribution in [1.29, 1.82) is 0 Å². The number of methoxy groups -OCH3 is 1. The molecule has 0 aliphatic rings. The lowest BCUT2D eigenvalue weighted by Gasteiger charge is -2.11. The number of para-hydroxylation sites is 2. The molecule has 3 N–H and O–H groups in total. The minimum absolute atomic E-state index is 0.0117. The van der Waals surface area contributed by atoms with Gasteiger partial charge in [0.1, 0.15) is 5.75 Å². The average Bonchev–Trinajstić information content (AvgIpc) is 2.64. The zero-order chi connectivity index (χ0) is 18.1. The molecule has 0 aromatic heterocycles. The first-order valence-electron chi connectivity index (χ1n) is 7.77. The van der Waals surface area contributed by atoms with E-state index < -0.39 is 0 Å². The minimum Gasteiger partial charge on any atom is -0.495 e. The van der Waals surface area contributed by atoms with Gasteiger partial charge in [-0.25, -0.2) is 0 Å². The zero-order valence-electron chi connectivity index (χ0n) is 13.8. The summed E-state index contributed by atoms with van der Waals surface area (Å²) >= 11 is 5.81. The van der Waals surface area contributed by atoms with Crippen LogP contribution in [0.4, 0.5) is 5.69 Å². The number of hydrazine groups is 1. The molecule has 25 heavy (non-hydrogen) atoms. The van der Waals surface area contributed by atoms with E-state index in [0.29, 0.717) is 22.9 Å². The lowest BCUT2D eigenvalue weighted by Crippen LogP contribution is -2.44. The lowest BCUT2D eigenvalue weighted by atomic mass is 10.1. The van der Waals surface area contributed by atoms with Gasteiger partial charge in [-0.15, -0.1) is 0 Å². The number of nitrogens with one attached hydrogen (secondary N) is 3. The molecule has 0 spiro atoms. The minimum atomic E-state index is -0.356. The normalized spacial score (nSPS) is 10.0. The highest BCUT2D eigenvalue weighted by Gasteiger charge is 2.07. The number of ether oxygens (including phenoxy) is 1. The summed E-state index contributed by atoms with van der Waals surface area (Å²) in [5.41, 5.74) is 6.47. The second kappa shape index (κ2) is 9.54. The van der Waals surface area contributed by atoms with Gasteiger partial charge in [0.15, 0.2) is 0 Å². The van der Waals surface area contributed by atoms with Gasteiger partial charge >= 0.3 is 0 Å². The molecule has 0 aliphatic carbocycles. The zero-order valence-corrected chi connectivity index (χ0v) is 14.6. The summed E-state index contributed by atoms with van der Waals surface area (Å²) in [6.07, 6.45) is 0.834. The molecule has 0 aliphatic heterocycles. The van der Waals surface area contributed by atoms with Gasteiger partial charge < -0.3 is 10.1 Å². The van der Waals surface area contributed by atoms with Gasteiger partial charge in [0.2, 0.25) is 5.91 Å². The summed E-state index contributed by atoms with van der Waals surface area (Å²) in [7, 11) is 1.56. The van der Waals surface area contributed by atoms with E-state index in [4.69, 9.17) is 16.3 Å². The molecular weight excluding hydrogens is 342 g/mol.